The van der Waals surface area contributed by atoms with Crippen molar-refractivity contribution in [1.29, 1.82) is 0 Å². The summed E-state index contributed by atoms with van der Waals surface area (Å²) < 4.78 is 52.8. The number of methoxy groups -OCH3 is 1. The van der Waals surface area contributed by atoms with E-state index in [-0.39, 0.29) is 36.7 Å². The third-order valence-corrected chi connectivity index (χ3v) is 21.6. The van der Waals surface area contributed by atoms with Crippen LogP contribution in [-0.4, -0.2) is 246 Å². The molecule has 0 spiro atoms. The van der Waals surface area contributed by atoms with Crippen LogP contribution in [-0.2, 0) is 52.2 Å². The lowest BCUT2D eigenvalue weighted by Gasteiger charge is -2.71. The lowest BCUT2D eigenvalue weighted by atomic mass is 9.33. The molecule has 0 amide bonds. The van der Waals surface area contributed by atoms with Crippen LogP contribution >= 0.6 is 0 Å². The number of carbonyl (C=O) groups is 2. The summed E-state index contributed by atoms with van der Waals surface area (Å²) in [5.74, 6) is -1.69. The van der Waals surface area contributed by atoms with Gasteiger partial charge < -0.3 is 114 Å². The Morgan fingerprint density at radius 3 is 1.76 bits per heavy atom. The van der Waals surface area contributed by atoms with Gasteiger partial charge >= 0.3 is 11.9 Å². The molecule has 29 atom stereocenters. The van der Waals surface area contributed by atoms with Crippen LogP contribution < -0.4 is 0 Å². The van der Waals surface area contributed by atoms with Gasteiger partial charge in [0.2, 0.25) is 6.29 Å². The molecule has 452 valence electrons. The van der Waals surface area contributed by atoms with Crippen molar-refractivity contribution in [3.63, 3.8) is 0 Å². The summed E-state index contributed by atoms with van der Waals surface area (Å²) in [4.78, 5) is 28.4. The van der Waals surface area contributed by atoms with E-state index in [9.17, 15) is 81.1 Å². The number of rotatable bonds is 13. The second kappa shape index (κ2) is 22.7. The van der Waals surface area contributed by atoms with Gasteiger partial charge in [-0.2, -0.15) is 0 Å². The average molecular weight is 1140 g/mol. The van der Waals surface area contributed by atoms with E-state index in [1.807, 2.05) is 13.8 Å². The molecule has 4 aliphatic heterocycles. The van der Waals surface area contributed by atoms with Crippen LogP contribution in [0.4, 0.5) is 0 Å². The number of esters is 2. The quantitative estimate of drug-likeness (QED) is 0.0489. The summed E-state index contributed by atoms with van der Waals surface area (Å²) in [5, 5.41) is 150. The molecule has 4 saturated heterocycles. The van der Waals surface area contributed by atoms with Crippen LogP contribution in [0.3, 0.4) is 0 Å². The molecule has 9 aliphatic rings. The van der Waals surface area contributed by atoms with E-state index in [1.165, 1.54) is 7.11 Å². The average Bonchev–Trinajstić information content (AvgIpc) is 3.45. The van der Waals surface area contributed by atoms with Crippen molar-refractivity contribution < 1.29 is 124 Å². The molecule has 4 saturated carbocycles. The number of ether oxygens (including phenoxy) is 9. The predicted octanol–water partition coefficient (Wildman–Crippen LogP) is -3.27. The van der Waals surface area contributed by atoms with Crippen molar-refractivity contribution in [3.8, 4) is 0 Å². The molecule has 0 bridgehead atoms. The second-order valence-electron chi connectivity index (χ2n) is 25.6. The number of hydrogen-bond donors (Lipinski definition) is 14. The van der Waals surface area contributed by atoms with E-state index in [2.05, 4.69) is 26.8 Å². The smallest absolute Gasteiger partial charge is 0.315 e. The lowest BCUT2D eigenvalue weighted by Crippen LogP contribution is -2.67. The number of aliphatic hydroxyl groups is 14. The van der Waals surface area contributed by atoms with E-state index in [0.29, 0.717) is 51.4 Å². The van der Waals surface area contributed by atoms with Gasteiger partial charge in [0.25, 0.3) is 0 Å². The Balaban J connectivity index is 0.945. The van der Waals surface area contributed by atoms with Gasteiger partial charge in [-0.25, -0.2) is 0 Å². The zero-order chi connectivity index (χ0) is 57.7. The Labute approximate surface area is 458 Å². The zero-order valence-electron chi connectivity index (χ0n) is 45.7. The maximum atomic E-state index is 14.9. The van der Waals surface area contributed by atoms with E-state index in [0.717, 1.165) is 5.57 Å². The van der Waals surface area contributed by atoms with Crippen LogP contribution in [0.25, 0.3) is 0 Å². The molecule has 14 N–H and O–H groups in total. The minimum atomic E-state index is -1.94. The molecule has 5 aliphatic carbocycles. The van der Waals surface area contributed by atoms with Crippen molar-refractivity contribution in [3.05, 3.63) is 11.6 Å². The second-order valence-corrected chi connectivity index (χ2v) is 25.6. The van der Waals surface area contributed by atoms with Gasteiger partial charge in [0.15, 0.2) is 18.9 Å². The maximum Gasteiger partial charge on any atom is 0.315 e. The molecular weight excluding hydrogens is 1050 g/mol. The third kappa shape index (κ3) is 9.85. The fraction of sp³-hybridized carbons (Fsp3) is 0.926. The van der Waals surface area contributed by atoms with Gasteiger partial charge in [-0.3, -0.25) is 9.59 Å². The topological polar surface area (TPSA) is 400 Å². The van der Waals surface area contributed by atoms with Gasteiger partial charge in [0, 0.05) is 5.41 Å². The van der Waals surface area contributed by atoms with Gasteiger partial charge in [-0.05, 0) is 105 Å². The first-order valence-corrected chi connectivity index (χ1v) is 28.0. The first-order valence-electron chi connectivity index (χ1n) is 28.0. The van der Waals surface area contributed by atoms with E-state index < -0.39 is 194 Å². The lowest BCUT2D eigenvalue weighted by molar-refractivity contribution is -0.387. The summed E-state index contributed by atoms with van der Waals surface area (Å²) in [5.41, 5.74) is -3.32. The summed E-state index contributed by atoms with van der Waals surface area (Å²) >= 11 is 0. The summed E-state index contributed by atoms with van der Waals surface area (Å²) in [6, 6.07) is 0. The monoisotopic (exact) mass is 1130 g/mol. The first kappa shape index (κ1) is 61.4. The molecule has 79 heavy (non-hydrogen) atoms. The number of aliphatic hydroxyl groups excluding tert-OH is 14. The SMILES string of the molecule is COC(=O)[C@@]1(C)CC[C@]2(C(=O)O[C@@H]3O[C@@H](CO)[C@H](O)[C@@H](O)[C@@H]3O)CC[C@]3(C)C(=CC[C@@H]4[C@@]5(C)CC[C@H](O[C@@H]6OC[C@H](O)[C@H](O[C@@H]7O[C@H](CO)[C@@H](O)[C@H](O)[C@H]7O[C@@H]7O[C@H](CO)[C@@H](O)[C@H](O)[C@H]7O)[C@H]6O)[C@@](C)(CO)[C@@H]5CC[C@]43C)[C@@H]2C1. The van der Waals surface area contributed by atoms with Crippen molar-refractivity contribution >= 4 is 11.9 Å². The molecule has 8 fully saturated rings. The Morgan fingerprint density at radius 1 is 0.582 bits per heavy atom. The van der Waals surface area contributed by atoms with Crippen LogP contribution in [0.2, 0.25) is 0 Å². The largest absolute Gasteiger partial charge is 0.469 e. The summed E-state index contributed by atoms with van der Waals surface area (Å²) in [6.45, 7) is 7.54. The number of fused-ring (bicyclic) bond motifs is 7. The van der Waals surface area contributed by atoms with Crippen LogP contribution in [0, 0.1) is 50.2 Å². The molecule has 25 heteroatoms. The van der Waals surface area contributed by atoms with E-state index in [4.69, 9.17) is 42.6 Å². The fourth-order valence-electron chi connectivity index (χ4n) is 16.5. The normalized spacial score (nSPS) is 53.8. The van der Waals surface area contributed by atoms with Crippen molar-refractivity contribution in [1.82, 2.24) is 0 Å². The van der Waals surface area contributed by atoms with Crippen LogP contribution in [0.1, 0.15) is 98.8 Å². The fourth-order valence-corrected chi connectivity index (χ4v) is 16.5. The highest BCUT2D eigenvalue weighted by atomic mass is 16.8. The van der Waals surface area contributed by atoms with Crippen molar-refractivity contribution in [2.45, 2.75) is 222 Å². The molecule has 25 nitrogen and oxygen atoms in total. The third-order valence-electron chi connectivity index (χ3n) is 21.6. The standard InChI is InChI=1S/C54H86O25/c1-49(47(69)71-6)13-15-54(48(70)79-45-39(67)36(64)33(61)27(19-56)74-45)16-14-52(4)23(24(54)17-49)7-8-30-50(2)11-10-31(51(3,22-58)29(50)9-12-53(30,52)5)76-43-40(68)41(25(59)21-72-43)77-46-42(37(65)34(62)28(20-57)75-46)78-44-38(66)35(63)32(60)26(18-55)73-44/h7,24-46,55-68H,8-22H2,1-6H3/t24-,25-,26+,27-,28+,29+,30+,31-,32+,33-,34+,35-,36+,37-,38+,39-,40+,41-,42+,43-,44-,45-,46-,49-,50-,51-,52+,53+,54-/m0/s1. The maximum absolute atomic E-state index is 14.9. The molecule has 9 rings (SSSR count). The number of allylic oxidation sites excluding steroid dienone is 2. The Hall–Kier alpha value is -2.16. The number of carbonyl (C=O) groups excluding carboxylic acids is 2. The van der Waals surface area contributed by atoms with Crippen molar-refractivity contribution in [2.75, 3.05) is 40.1 Å². The number of hydrogen-bond acceptors (Lipinski definition) is 25. The van der Waals surface area contributed by atoms with Crippen molar-refractivity contribution in [2.24, 2.45) is 50.2 Å². The van der Waals surface area contributed by atoms with Gasteiger partial charge in [0.1, 0.15) is 91.6 Å². The molecule has 0 aromatic heterocycles. The highest BCUT2D eigenvalue weighted by molar-refractivity contribution is 5.81. The van der Waals surface area contributed by atoms with E-state index in [1.54, 1.807) is 0 Å². The molecule has 0 aromatic carbocycles. The van der Waals surface area contributed by atoms with Gasteiger partial charge in [-0.1, -0.05) is 39.3 Å². The summed E-state index contributed by atoms with van der Waals surface area (Å²) in [7, 11) is 1.34. The highest BCUT2D eigenvalue weighted by Gasteiger charge is 2.71. The summed E-state index contributed by atoms with van der Waals surface area (Å²) in [6.07, 6.45) is -25.9. The zero-order valence-corrected chi connectivity index (χ0v) is 45.7. The molecule has 4 heterocycles. The predicted molar refractivity (Wildman–Crippen MR) is 265 cm³/mol. The Kier molecular flexibility index (Phi) is 17.6. The molecule has 0 radical (unpaired) electrons. The Morgan fingerprint density at radius 2 is 1.15 bits per heavy atom. The molecule has 0 unspecified atom stereocenters. The van der Waals surface area contributed by atoms with E-state index >= 15 is 0 Å². The molecular formula is C54H86O25. The van der Waals surface area contributed by atoms with Crippen LogP contribution in [0.15, 0.2) is 11.6 Å². The minimum Gasteiger partial charge on any atom is -0.469 e. The molecule has 0 aromatic rings. The first-order chi connectivity index (χ1) is 37.2. The van der Waals surface area contributed by atoms with Crippen LogP contribution in [0.5, 0.6) is 0 Å². The van der Waals surface area contributed by atoms with Gasteiger partial charge in [0.05, 0.1) is 57.1 Å². The Bertz CT molecular complexity index is 2200. The minimum absolute atomic E-state index is 0.0400. The highest BCUT2D eigenvalue weighted by Crippen LogP contribution is 2.76. The van der Waals surface area contributed by atoms with Gasteiger partial charge in [-0.15, -0.1) is 0 Å².